The fraction of sp³-hybridized carbons (Fsp3) is 0.200. The van der Waals surface area contributed by atoms with Crippen LogP contribution in [0.25, 0.3) is 0 Å². The van der Waals surface area contributed by atoms with E-state index in [4.69, 9.17) is 16.3 Å². The minimum absolute atomic E-state index is 0.157. The van der Waals surface area contributed by atoms with Crippen molar-refractivity contribution in [3.8, 4) is 5.75 Å². The summed E-state index contributed by atoms with van der Waals surface area (Å²) in [5, 5.41) is 4.13. The van der Waals surface area contributed by atoms with Gasteiger partial charge in [0.2, 0.25) is 0 Å². The first kappa shape index (κ1) is 14.2. The smallest absolute Gasteiger partial charge is 0.119 e. The molecule has 0 aliphatic heterocycles. The fourth-order valence-corrected chi connectivity index (χ4v) is 2.40. The number of benzene rings is 2. The van der Waals surface area contributed by atoms with E-state index < -0.39 is 0 Å². The summed E-state index contributed by atoms with van der Waals surface area (Å²) in [6.45, 7) is 2.10. The molecule has 0 bridgehead atoms. The second kappa shape index (κ2) is 6.31. The summed E-state index contributed by atoms with van der Waals surface area (Å²) in [7, 11) is 1.67. The lowest BCUT2D eigenvalue weighted by Crippen LogP contribution is -2.07. The molecule has 2 nitrogen and oxygen atoms in total. The third kappa shape index (κ3) is 3.43. The molecule has 0 aliphatic carbocycles. The summed E-state index contributed by atoms with van der Waals surface area (Å²) in [5.74, 6) is 0.858. The second-order valence-corrected chi connectivity index (χ2v) is 5.44. The molecular weight excluding hydrogens is 326 g/mol. The van der Waals surface area contributed by atoms with E-state index in [-0.39, 0.29) is 6.04 Å². The molecule has 0 saturated carbocycles. The molecule has 0 aliphatic rings. The van der Waals surface area contributed by atoms with E-state index in [2.05, 4.69) is 34.2 Å². The summed E-state index contributed by atoms with van der Waals surface area (Å²) in [5.41, 5.74) is 2.13. The first-order valence-corrected chi connectivity index (χ1v) is 7.13. The molecule has 1 atom stereocenters. The average molecular weight is 341 g/mol. The highest BCUT2D eigenvalue weighted by Crippen LogP contribution is 2.32. The number of rotatable bonds is 4. The van der Waals surface area contributed by atoms with Gasteiger partial charge < -0.3 is 10.1 Å². The van der Waals surface area contributed by atoms with Gasteiger partial charge in [-0.2, -0.15) is 0 Å². The number of anilines is 1. The third-order valence-electron chi connectivity index (χ3n) is 2.92. The molecule has 0 radical (unpaired) electrons. The van der Waals surface area contributed by atoms with Crippen molar-refractivity contribution in [2.24, 2.45) is 0 Å². The van der Waals surface area contributed by atoms with Crippen molar-refractivity contribution in [3.05, 3.63) is 57.5 Å². The van der Waals surface area contributed by atoms with Crippen molar-refractivity contribution < 1.29 is 4.74 Å². The van der Waals surface area contributed by atoms with Gasteiger partial charge >= 0.3 is 0 Å². The maximum atomic E-state index is 6.08. The molecule has 100 valence electrons. The van der Waals surface area contributed by atoms with E-state index in [1.807, 2.05) is 36.4 Å². The molecule has 0 fully saturated rings. The lowest BCUT2D eigenvalue weighted by molar-refractivity contribution is 0.414. The van der Waals surface area contributed by atoms with Gasteiger partial charge in [0.15, 0.2) is 0 Å². The normalized spacial score (nSPS) is 12.0. The molecule has 1 N–H and O–H groups in total. The van der Waals surface area contributed by atoms with Crippen LogP contribution in [0.5, 0.6) is 5.75 Å². The predicted molar refractivity (Wildman–Crippen MR) is 84.2 cm³/mol. The van der Waals surface area contributed by atoms with Gasteiger partial charge in [0, 0.05) is 6.04 Å². The highest BCUT2D eigenvalue weighted by Gasteiger charge is 2.09. The van der Waals surface area contributed by atoms with Crippen molar-refractivity contribution in [2.75, 3.05) is 12.4 Å². The first-order chi connectivity index (χ1) is 9.11. The molecule has 0 aromatic heterocycles. The molecular formula is C15H15BrClNO. The number of halogens is 2. The van der Waals surface area contributed by atoms with E-state index in [9.17, 15) is 0 Å². The summed E-state index contributed by atoms with van der Waals surface area (Å²) < 4.78 is 6.12. The Morgan fingerprint density at radius 3 is 2.68 bits per heavy atom. The van der Waals surface area contributed by atoms with Crippen molar-refractivity contribution in [3.63, 3.8) is 0 Å². The zero-order valence-electron chi connectivity index (χ0n) is 10.8. The predicted octanol–water partition coefficient (Wildman–Crippen LogP) is 5.28. The zero-order chi connectivity index (χ0) is 13.8. The minimum atomic E-state index is 0.157. The summed E-state index contributed by atoms with van der Waals surface area (Å²) in [6, 6.07) is 13.9. The Kier molecular flexibility index (Phi) is 4.72. The van der Waals surface area contributed by atoms with Crippen LogP contribution in [0.1, 0.15) is 18.5 Å². The van der Waals surface area contributed by atoms with Crippen molar-refractivity contribution in [1.82, 2.24) is 0 Å². The molecule has 4 heteroatoms. The van der Waals surface area contributed by atoms with Crippen molar-refractivity contribution in [1.29, 1.82) is 0 Å². The molecule has 0 saturated heterocycles. The van der Waals surface area contributed by atoms with Gasteiger partial charge in [-0.1, -0.05) is 29.8 Å². The Morgan fingerprint density at radius 1 is 1.21 bits per heavy atom. The van der Waals surface area contributed by atoms with Crippen LogP contribution in [-0.4, -0.2) is 7.11 Å². The molecule has 2 aromatic rings. The van der Waals surface area contributed by atoms with Crippen molar-refractivity contribution in [2.45, 2.75) is 13.0 Å². The van der Waals surface area contributed by atoms with Crippen molar-refractivity contribution >= 4 is 33.2 Å². The number of ether oxygens (including phenoxy) is 1. The SMILES string of the molecule is COc1cccc(C(C)Nc2cccc(Cl)c2Br)c1. The van der Waals surface area contributed by atoms with Crippen LogP contribution in [0.3, 0.4) is 0 Å². The summed E-state index contributed by atoms with van der Waals surface area (Å²) in [4.78, 5) is 0. The standard InChI is InChI=1S/C15H15BrClNO/c1-10(11-5-3-6-12(9-11)19-2)18-14-8-4-7-13(17)15(14)16/h3-10,18H,1-2H3. The molecule has 0 amide bonds. The van der Waals surface area contributed by atoms with E-state index >= 15 is 0 Å². The lowest BCUT2D eigenvalue weighted by Gasteiger charge is -2.18. The Bertz CT molecular complexity index is 574. The Hall–Kier alpha value is -1.19. The van der Waals surface area contributed by atoms with E-state index in [1.54, 1.807) is 7.11 Å². The average Bonchev–Trinajstić information content (AvgIpc) is 2.44. The monoisotopic (exact) mass is 339 g/mol. The van der Waals surface area contributed by atoms with Gasteiger partial charge in [0.05, 0.1) is 22.3 Å². The molecule has 2 rings (SSSR count). The highest BCUT2D eigenvalue weighted by molar-refractivity contribution is 9.10. The Morgan fingerprint density at radius 2 is 1.95 bits per heavy atom. The maximum Gasteiger partial charge on any atom is 0.119 e. The van der Waals surface area contributed by atoms with Crippen LogP contribution in [0.15, 0.2) is 46.9 Å². The number of hydrogen-bond acceptors (Lipinski definition) is 2. The summed E-state index contributed by atoms with van der Waals surface area (Å²) in [6.07, 6.45) is 0. The minimum Gasteiger partial charge on any atom is -0.497 e. The lowest BCUT2D eigenvalue weighted by atomic mass is 10.1. The van der Waals surface area contributed by atoms with Gasteiger partial charge in [0.25, 0.3) is 0 Å². The van der Waals surface area contributed by atoms with Gasteiger partial charge in [0.1, 0.15) is 5.75 Å². The Balaban J connectivity index is 2.20. The van der Waals surface area contributed by atoms with Gasteiger partial charge in [-0.15, -0.1) is 0 Å². The van der Waals surface area contributed by atoms with Gasteiger partial charge in [-0.3, -0.25) is 0 Å². The van der Waals surface area contributed by atoms with E-state index in [0.717, 1.165) is 21.5 Å². The fourth-order valence-electron chi connectivity index (χ4n) is 1.84. The highest BCUT2D eigenvalue weighted by atomic mass is 79.9. The number of hydrogen-bond donors (Lipinski definition) is 1. The van der Waals surface area contributed by atoms with Gasteiger partial charge in [-0.05, 0) is 52.7 Å². The summed E-state index contributed by atoms with van der Waals surface area (Å²) >= 11 is 9.57. The molecule has 0 heterocycles. The quantitative estimate of drug-likeness (QED) is 0.817. The van der Waals surface area contributed by atoms with Crippen LogP contribution in [0.2, 0.25) is 5.02 Å². The van der Waals surface area contributed by atoms with Gasteiger partial charge in [-0.25, -0.2) is 0 Å². The van der Waals surface area contributed by atoms with E-state index in [1.165, 1.54) is 0 Å². The van der Waals surface area contributed by atoms with Crippen LogP contribution in [-0.2, 0) is 0 Å². The zero-order valence-corrected chi connectivity index (χ0v) is 13.1. The largest absolute Gasteiger partial charge is 0.497 e. The third-order valence-corrected chi connectivity index (χ3v) is 4.31. The second-order valence-electron chi connectivity index (χ2n) is 4.24. The first-order valence-electron chi connectivity index (χ1n) is 5.96. The molecule has 2 aromatic carbocycles. The number of nitrogens with one attached hydrogen (secondary N) is 1. The Labute approximate surface area is 126 Å². The maximum absolute atomic E-state index is 6.08. The van der Waals surface area contributed by atoms with Crippen LogP contribution >= 0.6 is 27.5 Å². The van der Waals surface area contributed by atoms with E-state index in [0.29, 0.717) is 5.02 Å². The van der Waals surface area contributed by atoms with Crippen LogP contribution in [0.4, 0.5) is 5.69 Å². The van der Waals surface area contributed by atoms with Crippen LogP contribution in [0, 0.1) is 0 Å². The number of methoxy groups -OCH3 is 1. The molecule has 1 unspecified atom stereocenters. The van der Waals surface area contributed by atoms with Crippen LogP contribution < -0.4 is 10.1 Å². The topological polar surface area (TPSA) is 21.3 Å². The molecule has 0 spiro atoms. The molecule has 19 heavy (non-hydrogen) atoms.